The summed E-state index contributed by atoms with van der Waals surface area (Å²) >= 11 is 0. The van der Waals surface area contributed by atoms with Crippen LogP contribution in [0.3, 0.4) is 0 Å². The van der Waals surface area contributed by atoms with Crippen LogP contribution in [0.1, 0.15) is 18.1 Å². The average molecular weight is 362 g/mol. The number of hydrogen-bond donors (Lipinski definition) is 2. The molecule has 7 heteroatoms. The molecular weight excluding hydrogens is 340 g/mol. The summed E-state index contributed by atoms with van der Waals surface area (Å²) < 4.78 is 32.2. The van der Waals surface area contributed by atoms with Crippen LogP contribution in [0.5, 0.6) is 5.75 Å². The number of hydrogen-bond acceptors (Lipinski definition) is 4. The highest BCUT2D eigenvalue weighted by Gasteiger charge is 2.16. The second kappa shape index (κ2) is 8.64. The lowest BCUT2D eigenvalue weighted by Gasteiger charge is -2.12. The number of benzene rings is 2. The Bertz CT molecular complexity index is 834. The lowest BCUT2D eigenvalue weighted by molar-refractivity contribution is -0.115. The number of ether oxygens (including phenoxy) is 1. The minimum Gasteiger partial charge on any atom is -0.494 e. The number of rotatable bonds is 8. The van der Waals surface area contributed by atoms with E-state index < -0.39 is 15.9 Å². The largest absolute Gasteiger partial charge is 0.494 e. The van der Waals surface area contributed by atoms with Crippen LogP contribution in [0.4, 0.5) is 5.69 Å². The van der Waals surface area contributed by atoms with E-state index in [-0.39, 0.29) is 12.3 Å². The van der Waals surface area contributed by atoms with E-state index in [0.717, 1.165) is 5.56 Å². The maximum Gasteiger partial charge on any atom is 0.239 e. The fourth-order valence-electron chi connectivity index (χ4n) is 2.26. The SMILES string of the molecule is CCOc1ccccc1CS(=O)(=O)NCC(=O)Nc1ccccc1C. The lowest BCUT2D eigenvalue weighted by atomic mass is 10.2. The van der Waals surface area contributed by atoms with Gasteiger partial charge in [0.25, 0.3) is 0 Å². The van der Waals surface area contributed by atoms with Crippen LogP contribution in [0, 0.1) is 6.92 Å². The van der Waals surface area contributed by atoms with Gasteiger partial charge in [0, 0.05) is 11.3 Å². The normalized spacial score (nSPS) is 11.1. The lowest BCUT2D eigenvalue weighted by Crippen LogP contribution is -2.33. The van der Waals surface area contributed by atoms with Crippen molar-refractivity contribution in [3.63, 3.8) is 0 Å². The summed E-state index contributed by atoms with van der Waals surface area (Å²) in [6, 6.07) is 14.2. The number of carbonyl (C=O) groups excluding carboxylic acids is 1. The van der Waals surface area contributed by atoms with Crippen molar-refractivity contribution in [2.24, 2.45) is 0 Å². The smallest absolute Gasteiger partial charge is 0.239 e. The van der Waals surface area contributed by atoms with Gasteiger partial charge in [0.05, 0.1) is 18.9 Å². The third-order valence-corrected chi connectivity index (χ3v) is 4.76. The molecule has 2 N–H and O–H groups in total. The quantitative estimate of drug-likeness (QED) is 0.755. The molecule has 6 nitrogen and oxygen atoms in total. The molecule has 0 spiro atoms. The van der Waals surface area contributed by atoms with Crippen molar-refractivity contribution in [2.75, 3.05) is 18.5 Å². The maximum absolute atomic E-state index is 12.2. The Morgan fingerprint density at radius 2 is 1.76 bits per heavy atom. The number of para-hydroxylation sites is 2. The minimum atomic E-state index is -3.66. The summed E-state index contributed by atoms with van der Waals surface area (Å²) in [5.74, 6) is -0.142. The van der Waals surface area contributed by atoms with Gasteiger partial charge in [-0.05, 0) is 31.5 Å². The summed E-state index contributed by atoms with van der Waals surface area (Å²) in [5.41, 5.74) is 2.12. The molecule has 0 atom stereocenters. The van der Waals surface area contributed by atoms with Gasteiger partial charge in [-0.2, -0.15) is 0 Å². The Balaban J connectivity index is 1.95. The van der Waals surface area contributed by atoms with E-state index in [2.05, 4.69) is 10.0 Å². The molecular formula is C18H22N2O4S. The predicted molar refractivity (Wildman–Crippen MR) is 98.0 cm³/mol. The zero-order chi connectivity index (χ0) is 18.3. The second-order valence-corrected chi connectivity index (χ2v) is 7.29. The second-order valence-electron chi connectivity index (χ2n) is 5.48. The molecule has 2 rings (SSSR count). The van der Waals surface area contributed by atoms with Gasteiger partial charge in [-0.15, -0.1) is 0 Å². The summed E-state index contributed by atoms with van der Waals surface area (Å²) in [7, 11) is -3.66. The maximum atomic E-state index is 12.2. The molecule has 25 heavy (non-hydrogen) atoms. The Kier molecular flexibility index (Phi) is 6.55. The van der Waals surface area contributed by atoms with Crippen molar-refractivity contribution >= 4 is 21.6 Å². The molecule has 0 aliphatic carbocycles. The number of nitrogens with one attached hydrogen (secondary N) is 2. The first kappa shape index (κ1) is 19.0. The molecule has 0 aliphatic rings. The molecule has 0 unspecified atom stereocenters. The minimum absolute atomic E-state index is 0.249. The van der Waals surface area contributed by atoms with Crippen molar-refractivity contribution in [2.45, 2.75) is 19.6 Å². The topological polar surface area (TPSA) is 84.5 Å². The fraction of sp³-hybridized carbons (Fsp3) is 0.278. The summed E-state index contributed by atoms with van der Waals surface area (Å²) in [5, 5.41) is 2.69. The Morgan fingerprint density at radius 1 is 1.08 bits per heavy atom. The standard InChI is InChI=1S/C18H22N2O4S/c1-3-24-17-11-7-5-9-15(17)13-25(22,23)19-12-18(21)20-16-10-6-4-8-14(16)2/h4-11,19H,3,12-13H2,1-2H3,(H,20,21). The molecule has 0 bridgehead atoms. The van der Waals surface area contributed by atoms with Crippen molar-refractivity contribution in [3.05, 3.63) is 59.7 Å². The van der Waals surface area contributed by atoms with Crippen molar-refractivity contribution < 1.29 is 17.9 Å². The molecule has 0 heterocycles. The van der Waals surface area contributed by atoms with Gasteiger partial charge in [-0.25, -0.2) is 13.1 Å². The highest BCUT2D eigenvalue weighted by atomic mass is 32.2. The molecule has 0 aromatic heterocycles. The number of carbonyl (C=O) groups is 1. The van der Waals surface area contributed by atoms with Crippen LogP contribution >= 0.6 is 0 Å². The summed E-state index contributed by atoms with van der Waals surface area (Å²) in [6.45, 7) is 3.82. The third-order valence-electron chi connectivity index (χ3n) is 3.49. The molecule has 2 aromatic carbocycles. The molecule has 0 saturated carbocycles. The predicted octanol–water partition coefficient (Wildman–Crippen LogP) is 2.45. The van der Waals surface area contributed by atoms with Crippen LogP contribution in [0.25, 0.3) is 0 Å². The van der Waals surface area contributed by atoms with E-state index in [9.17, 15) is 13.2 Å². The van der Waals surface area contributed by atoms with E-state index in [1.54, 1.807) is 36.4 Å². The van der Waals surface area contributed by atoms with Crippen LogP contribution < -0.4 is 14.8 Å². The highest BCUT2D eigenvalue weighted by molar-refractivity contribution is 7.88. The zero-order valence-electron chi connectivity index (χ0n) is 14.3. The van der Waals surface area contributed by atoms with Gasteiger partial charge < -0.3 is 10.1 Å². The summed E-state index contributed by atoms with van der Waals surface area (Å²) in [4.78, 5) is 12.0. The molecule has 134 valence electrons. The van der Waals surface area contributed by atoms with E-state index >= 15 is 0 Å². The molecule has 0 fully saturated rings. The van der Waals surface area contributed by atoms with E-state index in [0.29, 0.717) is 23.6 Å². The fourth-order valence-corrected chi connectivity index (χ4v) is 3.36. The molecule has 1 amide bonds. The average Bonchev–Trinajstić information content (AvgIpc) is 2.57. The Hall–Kier alpha value is -2.38. The van der Waals surface area contributed by atoms with Crippen LogP contribution in [-0.2, 0) is 20.6 Å². The van der Waals surface area contributed by atoms with Gasteiger partial charge in [0.2, 0.25) is 15.9 Å². The Morgan fingerprint density at radius 3 is 2.48 bits per heavy atom. The van der Waals surface area contributed by atoms with E-state index in [1.807, 2.05) is 26.0 Å². The van der Waals surface area contributed by atoms with Crippen molar-refractivity contribution in [3.8, 4) is 5.75 Å². The third kappa shape index (κ3) is 5.88. The van der Waals surface area contributed by atoms with Crippen LogP contribution in [0.2, 0.25) is 0 Å². The molecule has 0 saturated heterocycles. The molecule has 0 radical (unpaired) electrons. The highest BCUT2D eigenvalue weighted by Crippen LogP contribution is 2.20. The number of sulfonamides is 1. The van der Waals surface area contributed by atoms with E-state index in [4.69, 9.17) is 4.74 Å². The van der Waals surface area contributed by atoms with Crippen LogP contribution in [0.15, 0.2) is 48.5 Å². The van der Waals surface area contributed by atoms with Gasteiger partial charge in [-0.1, -0.05) is 36.4 Å². The van der Waals surface area contributed by atoms with Gasteiger partial charge in [0.15, 0.2) is 0 Å². The Labute approximate surface area is 148 Å². The van der Waals surface area contributed by atoms with E-state index in [1.165, 1.54) is 0 Å². The first-order valence-corrected chi connectivity index (χ1v) is 9.60. The first-order valence-electron chi connectivity index (χ1n) is 7.95. The first-order chi connectivity index (χ1) is 11.9. The monoisotopic (exact) mass is 362 g/mol. The van der Waals surface area contributed by atoms with Crippen molar-refractivity contribution in [1.82, 2.24) is 4.72 Å². The number of aryl methyl sites for hydroxylation is 1. The van der Waals surface area contributed by atoms with Gasteiger partial charge in [0.1, 0.15) is 5.75 Å². The van der Waals surface area contributed by atoms with Crippen LogP contribution in [-0.4, -0.2) is 27.5 Å². The van der Waals surface area contributed by atoms with Gasteiger partial charge >= 0.3 is 0 Å². The van der Waals surface area contributed by atoms with Gasteiger partial charge in [-0.3, -0.25) is 4.79 Å². The summed E-state index contributed by atoms with van der Waals surface area (Å²) in [6.07, 6.45) is 0. The number of anilines is 1. The number of amides is 1. The zero-order valence-corrected chi connectivity index (χ0v) is 15.1. The molecule has 0 aliphatic heterocycles. The molecule has 2 aromatic rings. The van der Waals surface area contributed by atoms with Crippen molar-refractivity contribution in [1.29, 1.82) is 0 Å².